The summed E-state index contributed by atoms with van der Waals surface area (Å²) in [6, 6.07) is 3.90. The maximum Gasteiger partial charge on any atom is 0.129 e. The smallest absolute Gasteiger partial charge is 0.129 e. The van der Waals surface area contributed by atoms with Crippen LogP contribution in [0.2, 0.25) is 5.15 Å². The molecule has 0 bridgehead atoms. The number of aryl methyl sites for hydroxylation is 1. The average Bonchev–Trinajstić information content (AvgIpc) is 2.82. The van der Waals surface area contributed by atoms with E-state index in [0.29, 0.717) is 5.15 Å². The van der Waals surface area contributed by atoms with E-state index < -0.39 is 0 Å². The Balaban J connectivity index is 2.48. The molecule has 2 rings (SSSR count). The lowest BCUT2D eigenvalue weighted by Gasteiger charge is -2.08. The second-order valence-electron chi connectivity index (χ2n) is 3.55. The molecule has 0 aliphatic heterocycles. The van der Waals surface area contributed by atoms with Crippen LogP contribution in [0.25, 0.3) is 0 Å². The highest BCUT2D eigenvalue weighted by atomic mass is 35.5. The van der Waals surface area contributed by atoms with E-state index in [1.807, 2.05) is 19.1 Å². The largest absolute Gasteiger partial charge is 0.241 e. The van der Waals surface area contributed by atoms with Gasteiger partial charge >= 0.3 is 0 Å². The van der Waals surface area contributed by atoms with Crippen LogP contribution in [0, 0.1) is 19.3 Å². The predicted octanol–water partition coefficient (Wildman–Crippen LogP) is 2.71. The van der Waals surface area contributed by atoms with Crippen molar-refractivity contribution in [1.82, 2.24) is 4.98 Å². The highest BCUT2D eigenvalue weighted by molar-refractivity contribution is 6.29. The first-order valence-electron chi connectivity index (χ1n) is 4.29. The second-order valence-corrected chi connectivity index (χ2v) is 3.93. The Kier molecular flexibility index (Phi) is 1.82. The Labute approximate surface area is 83.1 Å². The summed E-state index contributed by atoms with van der Waals surface area (Å²) in [4.78, 5) is 4.11. The van der Waals surface area contributed by atoms with Crippen molar-refractivity contribution in [3.63, 3.8) is 0 Å². The summed E-state index contributed by atoms with van der Waals surface area (Å²) in [5, 5.41) is 0.538. The molecule has 66 valence electrons. The van der Waals surface area contributed by atoms with Crippen LogP contribution >= 0.6 is 11.6 Å². The molecule has 1 aliphatic rings. The van der Waals surface area contributed by atoms with Crippen LogP contribution < -0.4 is 0 Å². The number of aromatic nitrogens is 1. The van der Waals surface area contributed by atoms with E-state index >= 15 is 0 Å². The van der Waals surface area contributed by atoms with Gasteiger partial charge in [0, 0.05) is 5.69 Å². The zero-order valence-corrected chi connectivity index (χ0v) is 8.23. The molecule has 1 aromatic heterocycles. The maximum absolute atomic E-state index is 5.86. The minimum atomic E-state index is -0.0304. The van der Waals surface area contributed by atoms with Gasteiger partial charge in [-0.3, -0.25) is 0 Å². The van der Waals surface area contributed by atoms with Gasteiger partial charge in [-0.1, -0.05) is 17.5 Å². The SMILES string of the molecule is C#CC1(c2cc(C)nc(Cl)c2)CC1. The molecule has 0 atom stereocenters. The molecule has 1 saturated carbocycles. The summed E-state index contributed by atoms with van der Waals surface area (Å²) < 4.78 is 0. The molecular formula is C11H10ClN. The Morgan fingerprint density at radius 3 is 2.69 bits per heavy atom. The molecule has 1 aliphatic carbocycles. The average molecular weight is 192 g/mol. The van der Waals surface area contributed by atoms with Gasteiger partial charge in [0.15, 0.2) is 0 Å². The van der Waals surface area contributed by atoms with Gasteiger partial charge in [0.2, 0.25) is 0 Å². The predicted molar refractivity (Wildman–Crippen MR) is 53.7 cm³/mol. The van der Waals surface area contributed by atoms with Crippen LogP contribution in [0.1, 0.15) is 24.1 Å². The summed E-state index contributed by atoms with van der Waals surface area (Å²) in [5.41, 5.74) is 2.05. The van der Waals surface area contributed by atoms with Crippen LogP contribution in [0.5, 0.6) is 0 Å². The number of pyridine rings is 1. The van der Waals surface area contributed by atoms with Gasteiger partial charge < -0.3 is 0 Å². The van der Waals surface area contributed by atoms with Gasteiger partial charge in [-0.05, 0) is 37.5 Å². The second kappa shape index (κ2) is 2.75. The molecule has 0 amide bonds. The lowest BCUT2D eigenvalue weighted by Crippen LogP contribution is -2.03. The maximum atomic E-state index is 5.86. The van der Waals surface area contributed by atoms with E-state index in [1.54, 1.807) is 0 Å². The third-order valence-corrected chi connectivity index (χ3v) is 2.69. The Bertz CT molecular complexity index is 365. The van der Waals surface area contributed by atoms with Crippen molar-refractivity contribution in [2.45, 2.75) is 25.2 Å². The zero-order chi connectivity index (χ0) is 9.47. The number of nitrogens with zero attached hydrogens (tertiary/aromatic N) is 1. The van der Waals surface area contributed by atoms with Crippen LogP contribution in [0.3, 0.4) is 0 Å². The van der Waals surface area contributed by atoms with Crippen LogP contribution in [-0.2, 0) is 5.41 Å². The van der Waals surface area contributed by atoms with Crippen molar-refractivity contribution in [2.75, 3.05) is 0 Å². The van der Waals surface area contributed by atoms with E-state index in [4.69, 9.17) is 18.0 Å². The first-order chi connectivity index (χ1) is 6.16. The number of hydrogen-bond acceptors (Lipinski definition) is 1. The topological polar surface area (TPSA) is 12.9 Å². The van der Waals surface area contributed by atoms with Crippen molar-refractivity contribution in [2.24, 2.45) is 0 Å². The molecule has 0 N–H and O–H groups in total. The van der Waals surface area contributed by atoms with Crippen LogP contribution in [0.4, 0.5) is 0 Å². The monoisotopic (exact) mass is 191 g/mol. The molecule has 13 heavy (non-hydrogen) atoms. The standard InChI is InChI=1S/C11H10ClN/c1-3-11(4-5-11)9-6-8(2)13-10(12)7-9/h1,6-7H,4-5H2,2H3. The van der Waals surface area contributed by atoms with Gasteiger partial charge in [-0.25, -0.2) is 4.98 Å². The van der Waals surface area contributed by atoms with Gasteiger partial charge in [0.1, 0.15) is 5.15 Å². The molecule has 0 unspecified atom stereocenters. The summed E-state index contributed by atoms with van der Waals surface area (Å²) in [6.45, 7) is 1.93. The fraction of sp³-hybridized carbons (Fsp3) is 0.364. The van der Waals surface area contributed by atoms with Crippen molar-refractivity contribution in [1.29, 1.82) is 0 Å². The van der Waals surface area contributed by atoms with E-state index in [9.17, 15) is 0 Å². The molecule has 1 aromatic rings. The Morgan fingerprint density at radius 2 is 2.23 bits per heavy atom. The lowest BCUT2D eigenvalue weighted by atomic mass is 9.98. The quantitative estimate of drug-likeness (QED) is 0.491. The lowest BCUT2D eigenvalue weighted by molar-refractivity contribution is 0.918. The first kappa shape index (κ1) is 8.59. The number of halogens is 1. The zero-order valence-electron chi connectivity index (χ0n) is 7.47. The normalized spacial score (nSPS) is 17.9. The van der Waals surface area contributed by atoms with Gasteiger partial charge in [0.05, 0.1) is 5.41 Å². The Hall–Kier alpha value is -1.00. The van der Waals surface area contributed by atoms with Crippen LogP contribution in [-0.4, -0.2) is 4.98 Å². The van der Waals surface area contributed by atoms with E-state index in [1.165, 1.54) is 0 Å². The molecule has 0 aromatic carbocycles. The minimum Gasteiger partial charge on any atom is -0.241 e. The van der Waals surface area contributed by atoms with Gasteiger partial charge in [-0.2, -0.15) is 0 Å². The molecule has 0 radical (unpaired) electrons. The summed E-state index contributed by atoms with van der Waals surface area (Å²) in [7, 11) is 0. The fourth-order valence-electron chi connectivity index (χ4n) is 1.55. The molecular weight excluding hydrogens is 182 g/mol. The summed E-state index contributed by atoms with van der Waals surface area (Å²) in [6.07, 6.45) is 7.63. The van der Waals surface area contributed by atoms with Crippen molar-refractivity contribution in [3.05, 3.63) is 28.5 Å². The fourth-order valence-corrected chi connectivity index (χ4v) is 1.80. The number of terminal acetylenes is 1. The minimum absolute atomic E-state index is 0.0304. The third-order valence-electron chi connectivity index (χ3n) is 2.50. The van der Waals surface area contributed by atoms with E-state index in [-0.39, 0.29) is 5.41 Å². The first-order valence-corrected chi connectivity index (χ1v) is 4.66. The van der Waals surface area contributed by atoms with Crippen LogP contribution in [0.15, 0.2) is 12.1 Å². The number of hydrogen-bond donors (Lipinski definition) is 0. The van der Waals surface area contributed by atoms with Gasteiger partial charge in [-0.15, -0.1) is 6.42 Å². The molecule has 1 heterocycles. The van der Waals surface area contributed by atoms with E-state index in [0.717, 1.165) is 24.1 Å². The van der Waals surface area contributed by atoms with Crippen molar-refractivity contribution in [3.8, 4) is 12.3 Å². The molecule has 2 heteroatoms. The Morgan fingerprint density at radius 1 is 1.54 bits per heavy atom. The number of rotatable bonds is 1. The third kappa shape index (κ3) is 1.43. The van der Waals surface area contributed by atoms with E-state index in [2.05, 4.69) is 10.9 Å². The molecule has 0 spiro atoms. The highest BCUT2D eigenvalue weighted by Gasteiger charge is 2.42. The summed E-state index contributed by atoms with van der Waals surface area (Å²) in [5.74, 6) is 2.84. The molecule has 0 saturated heterocycles. The van der Waals surface area contributed by atoms with Crippen molar-refractivity contribution < 1.29 is 0 Å². The summed E-state index contributed by atoms with van der Waals surface area (Å²) >= 11 is 5.86. The molecule has 1 nitrogen and oxygen atoms in total. The highest BCUT2D eigenvalue weighted by Crippen LogP contribution is 2.47. The van der Waals surface area contributed by atoms with Crippen molar-refractivity contribution >= 4 is 11.6 Å². The van der Waals surface area contributed by atoms with Gasteiger partial charge in [0.25, 0.3) is 0 Å². The molecule has 1 fully saturated rings.